The topological polar surface area (TPSA) is 131 Å². The Morgan fingerprint density at radius 3 is 2.38 bits per heavy atom. The second-order valence-corrected chi connectivity index (χ2v) is 11.6. The number of aliphatic hydroxyl groups excluding tert-OH is 1. The van der Waals surface area contributed by atoms with Gasteiger partial charge in [0.2, 0.25) is 0 Å². The molecule has 0 spiro atoms. The molecule has 234 valence electrons. The zero-order valence-corrected chi connectivity index (χ0v) is 25.6. The number of aliphatic hydroxyl groups is 1. The molecule has 45 heavy (non-hydrogen) atoms. The summed E-state index contributed by atoms with van der Waals surface area (Å²) in [6.45, 7) is 4.99. The number of hydrogen-bond donors (Lipinski definition) is 4. The van der Waals surface area contributed by atoms with E-state index in [1.54, 1.807) is 54.3 Å². The fraction of sp³-hybridized carbons (Fsp3) is 0.286. The number of para-hydroxylation sites is 1. The molecular weight excluding hydrogens is 572 g/mol. The summed E-state index contributed by atoms with van der Waals surface area (Å²) in [5, 5.41) is 26.9. The van der Waals surface area contributed by atoms with Crippen molar-refractivity contribution in [3.63, 3.8) is 0 Å². The highest BCUT2D eigenvalue weighted by Gasteiger charge is 2.34. The molecule has 4 N–H and O–H groups in total. The molecule has 0 saturated carbocycles. The average molecular weight is 611 g/mol. The number of rotatable bonds is 9. The van der Waals surface area contributed by atoms with Crippen molar-refractivity contribution >= 4 is 40.1 Å². The lowest BCUT2D eigenvalue weighted by Gasteiger charge is -2.38. The van der Waals surface area contributed by atoms with Gasteiger partial charge in [-0.05, 0) is 55.3 Å². The van der Waals surface area contributed by atoms with E-state index in [9.17, 15) is 24.6 Å². The highest BCUT2D eigenvalue weighted by molar-refractivity contribution is 6.08. The van der Waals surface area contributed by atoms with Crippen molar-refractivity contribution in [2.45, 2.75) is 32.5 Å². The third-order valence-corrected chi connectivity index (χ3v) is 8.12. The molecule has 0 aromatic heterocycles. The van der Waals surface area contributed by atoms with Crippen LogP contribution in [0.25, 0.3) is 10.8 Å². The minimum Gasteiger partial charge on any atom is -0.486 e. The first-order chi connectivity index (χ1) is 21.6. The number of benzene rings is 4. The van der Waals surface area contributed by atoms with E-state index in [4.69, 9.17) is 4.74 Å². The largest absolute Gasteiger partial charge is 0.486 e. The quantitative estimate of drug-likeness (QED) is 0.196. The molecule has 3 amide bonds. The number of urea groups is 1. The first-order valence-corrected chi connectivity index (χ1v) is 14.9. The normalized spacial score (nSPS) is 17.2. The van der Waals surface area contributed by atoms with Gasteiger partial charge >= 0.3 is 12.0 Å². The fourth-order valence-corrected chi connectivity index (χ4v) is 5.61. The molecule has 4 aromatic rings. The van der Waals surface area contributed by atoms with Crippen LogP contribution in [-0.2, 0) is 6.54 Å². The van der Waals surface area contributed by atoms with Gasteiger partial charge in [0.1, 0.15) is 6.10 Å². The first-order valence-electron chi connectivity index (χ1n) is 14.9. The van der Waals surface area contributed by atoms with E-state index in [1.807, 2.05) is 56.4 Å². The summed E-state index contributed by atoms with van der Waals surface area (Å²) < 4.78 is 6.62. The van der Waals surface area contributed by atoms with Crippen LogP contribution in [0.2, 0.25) is 0 Å². The number of ether oxygens (including phenoxy) is 1. The number of hydrogen-bond acceptors (Lipinski definition) is 6. The molecule has 0 saturated heterocycles. The standard InChI is InChI=1S/C35H38N4O6/c1-22-18-39(23(2)21-40)33(41)28-11-7-13-30(37-35(44)36-29-12-6-9-25-8-4-5-10-27(25)29)32(28)45-31(22)20-38(3)19-24-14-16-26(17-15-24)34(42)43/h4-17,22-23,31,40H,18-21H2,1-3H3,(H,42,43)(H2,36,37,44)/t22-,23+,31+/m0/s1. The van der Waals surface area contributed by atoms with Gasteiger partial charge in [0, 0.05) is 30.9 Å². The van der Waals surface area contributed by atoms with E-state index in [0.29, 0.717) is 36.6 Å². The van der Waals surface area contributed by atoms with E-state index < -0.39 is 24.1 Å². The summed E-state index contributed by atoms with van der Waals surface area (Å²) in [4.78, 5) is 42.1. The Balaban J connectivity index is 1.42. The predicted molar refractivity (Wildman–Crippen MR) is 174 cm³/mol. The maximum absolute atomic E-state index is 13.8. The molecule has 0 fully saturated rings. The van der Waals surface area contributed by atoms with Crippen LogP contribution in [0.4, 0.5) is 16.2 Å². The summed E-state index contributed by atoms with van der Waals surface area (Å²) in [6.07, 6.45) is -0.391. The van der Waals surface area contributed by atoms with Crippen LogP contribution in [0.1, 0.15) is 40.1 Å². The molecule has 1 aliphatic rings. The van der Waals surface area contributed by atoms with Gasteiger partial charge in [-0.25, -0.2) is 9.59 Å². The molecule has 10 nitrogen and oxygen atoms in total. The predicted octanol–water partition coefficient (Wildman–Crippen LogP) is 5.53. The summed E-state index contributed by atoms with van der Waals surface area (Å²) in [6, 6.07) is 24.3. The highest BCUT2D eigenvalue weighted by Crippen LogP contribution is 2.35. The molecular formula is C35H38N4O6. The molecule has 1 aliphatic heterocycles. The van der Waals surface area contributed by atoms with Crippen molar-refractivity contribution in [1.29, 1.82) is 0 Å². The number of likely N-dealkylation sites (N-methyl/N-ethyl adjacent to an activating group) is 1. The van der Waals surface area contributed by atoms with Gasteiger partial charge in [0.05, 0.1) is 35.2 Å². The average Bonchev–Trinajstić information content (AvgIpc) is 3.03. The molecule has 5 rings (SSSR count). The van der Waals surface area contributed by atoms with Crippen molar-refractivity contribution in [1.82, 2.24) is 9.80 Å². The second kappa shape index (κ2) is 13.8. The van der Waals surface area contributed by atoms with E-state index >= 15 is 0 Å². The number of carbonyl (C=O) groups excluding carboxylic acids is 2. The van der Waals surface area contributed by atoms with E-state index in [2.05, 4.69) is 15.5 Å². The lowest BCUT2D eigenvalue weighted by Crippen LogP contribution is -2.49. The fourth-order valence-electron chi connectivity index (χ4n) is 5.61. The number of anilines is 2. The van der Waals surface area contributed by atoms with Crippen LogP contribution in [0.15, 0.2) is 84.9 Å². The third kappa shape index (κ3) is 7.25. The van der Waals surface area contributed by atoms with Gasteiger partial charge in [-0.3, -0.25) is 9.69 Å². The van der Waals surface area contributed by atoms with Crippen LogP contribution in [0, 0.1) is 5.92 Å². The van der Waals surface area contributed by atoms with Gasteiger partial charge in [-0.2, -0.15) is 0 Å². The molecule has 0 bridgehead atoms. The number of carboxylic acids is 1. The second-order valence-electron chi connectivity index (χ2n) is 11.6. The number of nitrogens with zero attached hydrogens (tertiary/aromatic N) is 2. The van der Waals surface area contributed by atoms with Crippen LogP contribution in [0.5, 0.6) is 5.75 Å². The molecule has 0 radical (unpaired) electrons. The smallest absolute Gasteiger partial charge is 0.335 e. The zero-order valence-electron chi connectivity index (χ0n) is 25.6. The number of fused-ring (bicyclic) bond motifs is 2. The Hall–Kier alpha value is -4.93. The maximum Gasteiger partial charge on any atom is 0.335 e. The molecule has 10 heteroatoms. The molecule has 1 heterocycles. The summed E-state index contributed by atoms with van der Waals surface area (Å²) in [5.41, 5.74) is 2.46. The molecule has 0 unspecified atom stereocenters. The van der Waals surface area contributed by atoms with Gasteiger partial charge in [-0.15, -0.1) is 0 Å². The van der Waals surface area contributed by atoms with Crippen molar-refractivity contribution in [3.8, 4) is 5.75 Å². The van der Waals surface area contributed by atoms with E-state index in [1.165, 1.54) is 0 Å². The lowest BCUT2D eigenvalue weighted by atomic mass is 9.98. The summed E-state index contributed by atoms with van der Waals surface area (Å²) in [7, 11) is 1.95. The lowest BCUT2D eigenvalue weighted by molar-refractivity contribution is 0.0343. The zero-order chi connectivity index (χ0) is 32.1. The Kier molecular flexibility index (Phi) is 9.65. The number of nitrogens with one attached hydrogen (secondary N) is 2. The van der Waals surface area contributed by atoms with Crippen LogP contribution in [-0.4, -0.2) is 76.8 Å². The number of aromatic carboxylic acids is 1. The Bertz CT molecular complexity index is 1690. The van der Waals surface area contributed by atoms with Crippen molar-refractivity contribution in [2.24, 2.45) is 5.92 Å². The number of carbonyl (C=O) groups is 3. The Labute approximate surface area is 262 Å². The van der Waals surface area contributed by atoms with E-state index in [-0.39, 0.29) is 29.7 Å². The van der Waals surface area contributed by atoms with Crippen LogP contribution >= 0.6 is 0 Å². The summed E-state index contributed by atoms with van der Waals surface area (Å²) >= 11 is 0. The van der Waals surface area contributed by atoms with Gasteiger partial charge < -0.3 is 30.5 Å². The number of amides is 3. The van der Waals surface area contributed by atoms with Crippen LogP contribution < -0.4 is 15.4 Å². The maximum atomic E-state index is 13.8. The number of carboxylic acid groups (broad SMARTS) is 1. The monoisotopic (exact) mass is 610 g/mol. The first kappa shape index (κ1) is 31.5. The van der Waals surface area contributed by atoms with Gasteiger partial charge in [0.25, 0.3) is 5.91 Å². The van der Waals surface area contributed by atoms with E-state index in [0.717, 1.165) is 16.3 Å². The molecule has 4 aromatic carbocycles. The molecule has 3 atom stereocenters. The van der Waals surface area contributed by atoms with Crippen molar-refractivity contribution < 1.29 is 29.3 Å². The minimum atomic E-state index is -0.975. The molecule has 0 aliphatic carbocycles. The third-order valence-electron chi connectivity index (χ3n) is 8.12. The van der Waals surface area contributed by atoms with Crippen molar-refractivity contribution in [2.75, 3.05) is 37.4 Å². The van der Waals surface area contributed by atoms with Gasteiger partial charge in [0.15, 0.2) is 5.75 Å². The highest BCUT2D eigenvalue weighted by atomic mass is 16.5. The van der Waals surface area contributed by atoms with Crippen molar-refractivity contribution in [3.05, 3.63) is 102 Å². The Morgan fingerprint density at radius 2 is 1.64 bits per heavy atom. The summed E-state index contributed by atoms with van der Waals surface area (Å²) in [5.74, 6) is -1.13. The Morgan fingerprint density at radius 1 is 0.978 bits per heavy atom. The van der Waals surface area contributed by atoms with Crippen LogP contribution in [0.3, 0.4) is 0 Å². The van der Waals surface area contributed by atoms with Gasteiger partial charge in [-0.1, -0.05) is 61.5 Å². The minimum absolute atomic E-state index is 0.134. The SMILES string of the molecule is C[C@H](CO)N1C[C@H](C)[C@@H](CN(C)Cc2ccc(C(=O)O)cc2)Oc2c(NC(=O)Nc3cccc4ccccc34)cccc2C1=O.